The van der Waals surface area contributed by atoms with Gasteiger partial charge < -0.3 is 19.5 Å². The van der Waals surface area contributed by atoms with Crippen molar-refractivity contribution in [2.24, 2.45) is 0 Å². The second-order valence-electron chi connectivity index (χ2n) is 7.73. The van der Waals surface area contributed by atoms with Crippen molar-refractivity contribution < 1.29 is 36.6 Å². The molecule has 1 atom stereocenters. The van der Waals surface area contributed by atoms with Crippen LogP contribution in [0, 0.1) is 11.6 Å². The summed E-state index contributed by atoms with van der Waals surface area (Å²) in [5.74, 6) is -2.53. The zero-order valence-electron chi connectivity index (χ0n) is 20.2. The predicted octanol–water partition coefficient (Wildman–Crippen LogP) is 4.05. The van der Waals surface area contributed by atoms with Crippen LogP contribution < -0.4 is 19.1 Å². The highest BCUT2D eigenvalue weighted by Gasteiger charge is 2.26. The van der Waals surface area contributed by atoms with Gasteiger partial charge in [0.25, 0.3) is 0 Å². The van der Waals surface area contributed by atoms with E-state index in [0.29, 0.717) is 5.75 Å². The van der Waals surface area contributed by atoms with Gasteiger partial charge in [0.05, 0.1) is 25.7 Å². The molecule has 12 heteroatoms. The number of amides is 1. The lowest BCUT2D eigenvalue weighted by Crippen LogP contribution is -2.40. The molecule has 2 N–H and O–H groups in total. The fourth-order valence-electron chi connectivity index (χ4n) is 3.69. The van der Waals surface area contributed by atoms with Crippen LogP contribution in [-0.4, -0.2) is 46.7 Å². The lowest BCUT2D eigenvalue weighted by molar-refractivity contribution is -0.117. The molecule has 0 aliphatic rings. The summed E-state index contributed by atoms with van der Waals surface area (Å²) in [5, 5.41) is 11.1. The Morgan fingerprint density at radius 3 is 2.41 bits per heavy atom. The number of likely N-dealkylation sites (N-methyl/N-ethyl adjacent to an activating group) is 1. The van der Waals surface area contributed by atoms with Gasteiger partial charge in [-0.2, -0.15) is 0 Å². The summed E-state index contributed by atoms with van der Waals surface area (Å²) in [7, 11) is -1.35. The maximum absolute atomic E-state index is 14.4. The summed E-state index contributed by atoms with van der Waals surface area (Å²) in [6, 6.07) is 11.6. The van der Waals surface area contributed by atoms with Gasteiger partial charge >= 0.3 is 0 Å². The van der Waals surface area contributed by atoms with Gasteiger partial charge in [0.15, 0.2) is 23.1 Å². The van der Waals surface area contributed by atoms with Gasteiger partial charge in [-0.3, -0.25) is 4.79 Å². The summed E-state index contributed by atoms with van der Waals surface area (Å²) in [4.78, 5) is 14.1. The highest BCUT2D eigenvalue weighted by atomic mass is 35.5. The van der Waals surface area contributed by atoms with Crippen molar-refractivity contribution in [3.63, 3.8) is 0 Å². The first kappa shape index (κ1) is 28.3. The van der Waals surface area contributed by atoms with E-state index in [1.807, 2.05) is 0 Å². The van der Waals surface area contributed by atoms with Gasteiger partial charge in [-0.25, -0.2) is 21.9 Å². The van der Waals surface area contributed by atoms with E-state index in [2.05, 4.69) is 4.72 Å². The number of hydrogen-bond acceptors (Lipinski definition) is 6. The van der Waals surface area contributed by atoms with Crippen LogP contribution in [0.15, 0.2) is 59.5 Å². The molecular formula is C25H25ClF2N2O6S. The Balaban J connectivity index is 1.89. The molecular weight excluding hydrogens is 530 g/mol. The first-order valence-corrected chi connectivity index (χ1v) is 12.8. The highest BCUT2D eigenvalue weighted by Crippen LogP contribution is 2.35. The molecule has 3 rings (SSSR count). The number of ether oxygens (including phenoxy) is 2. The second kappa shape index (κ2) is 11.9. The first-order chi connectivity index (χ1) is 17.5. The quantitative estimate of drug-likeness (QED) is 0.392. The molecule has 3 aromatic carbocycles. The fraction of sp³-hybridized carbons (Fsp3) is 0.240. The second-order valence-corrected chi connectivity index (χ2v) is 9.93. The Morgan fingerprint density at radius 2 is 1.76 bits per heavy atom. The summed E-state index contributed by atoms with van der Waals surface area (Å²) >= 11 is 6.09. The lowest BCUT2D eigenvalue weighted by atomic mass is 9.98. The van der Waals surface area contributed by atoms with Crippen molar-refractivity contribution >= 4 is 33.2 Å². The third kappa shape index (κ3) is 6.19. The molecule has 0 aromatic heterocycles. The predicted molar refractivity (Wildman–Crippen MR) is 135 cm³/mol. The molecule has 1 amide bonds. The highest BCUT2D eigenvalue weighted by molar-refractivity contribution is 7.89. The van der Waals surface area contributed by atoms with Crippen LogP contribution in [0.2, 0.25) is 5.02 Å². The molecule has 8 nitrogen and oxygen atoms in total. The monoisotopic (exact) mass is 554 g/mol. The van der Waals surface area contributed by atoms with Gasteiger partial charge in [-0.05, 0) is 43.3 Å². The number of nitrogens with one attached hydrogen (secondary N) is 1. The minimum atomic E-state index is -4.12. The SMILES string of the molecule is CCN(C(=O)CNS(=O)(=O)c1ccc(OC)c(OC)c1)c1ccc(Cl)cc1C(O)c1cccc(F)c1F. The first-order valence-electron chi connectivity index (χ1n) is 11.0. The molecule has 0 aliphatic heterocycles. The Labute approximate surface area is 218 Å². The molecule has 0 saturated heterocycles. The summed E-state index contributed by atoms with van der Waals surface area (Å²) in [6.45, 7) is 1.08. The molecule has 3 aromatic rings. The van der Waals surface area contributed by atoms with Crippen molar-refractivity contribution in [3.05, 3.63) is 82.4 Å². The number of hydrogen-bond donors (Lipinski definition) is 2. The van der Waals surface area contributed by atoms with E-state index in [1.54, 1.807) is 6.92 Å². The van der Waals surface area contributed by atoms with Crippen LogP contribution in [0.1, 0.15) is 24.2 Å². The van der Waals surface area contributed by atoms with E-state index in [4.69, 9.17) is 21.1 Å². The lowest BCUT2D eigenvalue weighted by Gasteiger charge is -2.26. The van der Waals surface area contributed by atoms with Crippen molar-refractivity contribution in [1.82, 2.24) is 4.72 Å². The smallest absolute Gasteiger partial charge is 0.242 e. The van der Waals surface area contributed by atoms with Crippen LogP contribution in [0.3, 0.4) is 0 Å². The van der Waals surface area contributed by atoms with Gasteiger partial charge in [-0.1, -0.05) is 23.7 Å². The number of carbonyl (C=O) groups is 1. The topological polar surface area (TPSA) is 105 Å². The van der Waals surface area contributed by atoms with E-state index in [-0.39, 0.29) is 39.0 Å². The molecule has 0 spiro atoms. The van der Waals surface area contributed by atoms with Gasteiger partial charge in [0.2, 0.25) is 15.9 Å². The molecule has 0 aliphatic carbocycles. The Hall–Kier alpha value is -3.25. The standard InChI is InChI=1S/C25H25ClF2N2O6S/c1-4-30(23(31)14-29-37(33,34)16-9-11-21(35-2)22(13-16)36-3)20-10-8-15(26)12-18(20)25(32)17-6-5-7-19(27)24(17)28/h5-13,25,29,32H,4,14H2,1-3H3. The zero-order chi connectivity index (χ0) is 27.3. The van der Waals surface area contributed by atoms with Crippen molar-refractivity contribution in [3.8, 4) is 11.5 Å². The third-order valence-corrected chi connectivity index (χ3v) is 7.18. The maximum atomic E-state index is 14.4. The van der Waals surface area contributed by atoms with E-state index >= 15 is 0 Å². The molecule has 0 radical (unpaired) electrons. The minimum Gasteiger partial charge on any atom is -0.493 e. The molecule has 0 saturated carbocycles. The zero-order valence-corrected chi connectivity index (χ0v) is 21.7. The number of aliphatic hydroxyl groups excluding tert-OH is 1. The van der Waals surface area contributed by atoms with E-state index in [9.17, 15) is 27.1 Å². The summed E-state index contributed by atoms with van der Waals surface area (Å²) in [6.07, 6.45) is -1.66. The van der Waals surface area contributed by atoms with Crippen molar-refractivity contribution in [1.29, 1.82) is 0 Å². The molecule has 37 heavy (non-hydrogen) atoms. The average Bonchev–Trinajstić information content (AvgIpc) is 2.89. The molecule has 0 fully saturated rings. The number of aliphatic hydroxyl groups is 1. The van der Waals surface area contributed by atoms with Gasteiger partial charge in [-0.15, -0.1) is 0 Å². The molecule has 1 unspecified atom stereocenters. The number of sulfonamides is 1. The van der Waals surface area contributed by atoms with E-state index < -0.39 is 40.2 Å². The number of rotatable bonds is 10. The van der Waals surface area contributed by atoms with Crippen molar-refractivity contribution in [2.45, 2.75) is 17.9 Å². The largest absolute Gasteiger partial charge is 0.493 e. The van der Waals surface area contributed by atoms with Crippen LogP contribution in [-0.2, 0) is 14.8 Å². The normalized spacial score (nSPS) is 12.2. The number of anilines is 1. The van der Waals surface area contributed by atoms with E-state index in [1.165, 1.54) is 67.7 Å². The molecule has 198 valence electrons. The Bertz CT molecular complexity index is 1400. The van der Waals surface area contributed by atoms with Gasteiger partial charge in [0.1, 0.15) is 6.10 Å². The molecule has 0 heterocycles. The van der Waals surface area contributed by atoms with Crippen LogP contribution in [0.5, 0.6) is 11.5 Å². The number of nitrogens with zero attached hydrogens (tertiary/aromatic N) is 1. The number of benzene rings is 3. The minimum absolute atomic E-state index is 0.0370. The van der Waals surface area contributed by atoms with Crippen LogP contribution in [0.4, 0.5) is 14.5 Å². The average molecular weight is 555 g/mol. The maximum Gasteiger partial charge on any atom is 0.242 e. The molecule has 0 bridgehead atoms. The number of methoxy groups -OCH3 is 2. The van der Waals surface area contributed by atoms with Crippen LogP contribution >= 0.6 is 11.6 Å². The Morgan fingerprint density at radius 1 is 1.05 bits per heavy atom. The fourth-order valence-corrected chi connectivity index (χ4v) is 4.86. The number of halogens is 3. The summed E-state index contributed by atoms with van der Waals surface area (Å²) in [5.41, 5.74) is -0.158. The third-order valence-electron chi connectivity index (χ3n) is 5.55. The Kier molecular flexibility index (Phi) is 9.08. The van der Waals surface area contributed by atoms with E-state index in [0.717, 1.165) is 6.07 Å². The van der Waals surface area contributed by atoms with Crippen LogP contribution in [0.25, 0.3) is 0 Å². The van der Waals surface area contributed by atoms with Crippen molar-refractivity contribution in [2.75, 3.05) is 32.2 Å². The number of carbonyl (C=O) groups excluding carboxylic acids is 1. The van der Waals surface area contributed by atoms with Gasteiger partial charge in [0, 0.05) is 34.4 Å². The summed E-state index contributed by atoms with van der Waals surface area (Å²) < 4.78 is 66.3.